The average molecular weight is 366 g/mol. The summed E-state index contributed by atoms with van der Waals surface area (Å²) in [7, 11) is 1.67. The molecule has 0 spiro atoms. The number of hydrogen-bond donors (Lipinski definition) is 1. The van der Waals surface area contributed by atoms with Gasteiger partial charge in [-0.3, -0.25) is 0 Å². The Morgan fingerprint density at radius 3 is 2.29 bits per heavy atom. The van der Waals surface area contributed by atoms with Crippen molar-refractivity contribution in [3.8, 4) is 33.8 Å². The van der Waals surface area contributed by atoms with Gasteiger partial charge in [-0.1, -0.05) is 56.3 Å². The standard InChI is InChI=1S/C26H22O2/c1-26(2)22-13-17(16-7-5-4-6-8-16)9-11-20(22)25-21-14-18(28-3)10-12-19(21)24(27)15-23(25)26/h4-15,27H,1-3H3. The van der Waals surface area contributed by atoms with E-state index in [0.29, 0.717) is 5.75 Å². The third kappa shape index (κ3) is 2.27. The fourth-order valence-electron chi connectivity index (χ4n) is 4.53. The number of fused-ring (bicyclic) bond motifs is 5. The van der Waals surface area contributed by atoms with Crippen LogP contribution in [0.2, 0.25) is 0 Å². The third-order valence-electron chi connectivity index (χ3n) is 6.07. The Hall–Kier alpha value is -3.26. The quantitative estimate of drug-likeness (QED) is 0.437. The molecule has 2 nitrogen and oxygen atoms in total. The Bertz CT molecular complexity index is 1220. The van der Waals surface area contributed by atoms with Crippen LogP contribution in [0.1, 0.15) is 25.0 Å². The van der Waals surface area contributed by atoms with Crippen LogP contribution < -0.4 is 4.74 Å². The highest BCUT2D eigenvalue weighted by atomic mass is 16.5. The highest BCUT2D eigenvalue weighted by Crippen LogP contribution is 2.54. The van der Waals surface area contributed by atoms with E-state index in [1.807, 2.05) is 30.3 Å². The maximum Gasteiger partial charge on any atom is 0.123 e. The van der Waals surface area contributed by atoms with E-state index in [1.165, 1.54) is 27.8 Å². The summed E-state index contributed by atoms with van der Waals surface area (Å²) in [5, 5.41) is 12.6. The second-order valence-corrected chi connectivity index (χ2v) is 7.98. The molecule has 4 aromatic carbocycles. The van der Waals surface area contributed by atoms with E-state index in [2.05, 4.69) is 56.3 Å². The van der Waals surface area contributed by atoms with Gasteiger partial charge in [0.15, 0.2) is 0 Å². The van der Waals surface area contributed by atoms with Crippen LogP contribution in [0.4, 0.5) is 0 Å². The van der Waals surface area contributed by atoms with E-state index in [4.69, 9.17) is 4.74 Å². The first-order chi connectivity index (χ1) is 13.5. The van der Waals surface area contributed by atoms with Crippen molar-refractivity contribution < 1.29 is 9.84 Å². The van der Waals surface area contributed by atoms with Crippen molar-refractivity contribution in [3.05, 3.63) is 83.9 Å². The minimum Gasteiger partial charge on any atom is -0.507 e. The SMILES string of the molecule is COc1ccc2c(O)cc3c(c2c1)-c1ccc(-c2ccccc2)cc1C3(C)C. The molecule has 0 heterocycles. The molecule has 138 valence electrons. The van der Waals surface area contributed by atoms with Crippen molar-refractivity contribution in [3.63, 3.8) is 0 Å². The molecule has 0 unspecified atom stereocenters. The van der Waals surface area contributed by atoms with Gasteiger partial charge in [-0.25, -0.2) is 0 Å². The molecule has 0 fully saturated rings. The van der Waals surface area contributed by atoms with Crippen LogP contribution >= 0.6 is 0 Å². The van der Waals surface area contributed by atoms with Gasteiger partial charge in [-0.05, 0) is 69.1 Å². The molecule has 5 rings (SSSR count). The average Bonchev–Trinajstić information content (AvgIpc) is 2.95. The van der Waals surface area contributed by atoms with Gasteiger partial charge in [0.25, 0.3) is 0 Å². The molecule has 4 aromatic rings. The van der Waals surface area contributed by atoms with Crippen LogP contribution in [0.15, 0.2) is 72.8 Å². The van der Waals surface area contributed by atoms with Crippen LogP contribution in [0.5, 0.6) is 11.5 Å². The van der Waals surface area contributed by atoms with Gasteiger partial charge >= 0.3 is 0 Å². The zero-order valence-corrected chi connectivity index (χ0v) is 16.3. The summed E-state index contributed by atoms with van der Waals surface area (Å²) < 4.78 is 5.46. The maximum atomic E-state index is 10.7. The Balaban J connectivity index is 1.82. The smallest absolute Gasteiger partial charge is 0.123 e. The number of methoxy groups -OCH3 is 1. The lowest BCUT2D eigenvalue weighted by Gasteiger charge is -2.22. The predicted octanol–water partition coefficient (Wildman–Crippen LogP) is 6.53. The minimum atomic E-state index is -0.190. The molecule has 2 heteroatoms. The summed E-state index contributed by atoms with van der Waals surface area (Å²) in [5.74, 6) is 1.12. The second-order valence-electron chi connectivity index (χ2n) is 7.98. The molecule has 0 amide bonds. The van der Waals surface area contributed by atoms with E-state index in [1.54, 1.807) is 7.11 Å². The van der Waals surface area contributed by atoms with E-state index in [9.17, 15) is 5.11 Å². The number of aromatic hydroxyl groups is 1. The first-order valence-corrected chi connectivity index (χ1v) is 9.55. The van der Waals surface area contributed by atoms with Crippen molar-refractivity contribution in [2.24, 2.45) is 0 Å². The monoisotopic (exact) mass is 366 g/mol. The molecule has 28 heavy (non-hydrogen) atoms. The maximum absolute atomic E-state index is 10.7. The summed E-state index contributed by atoms with van der Waals surface area (Å²) in [4.78, 5) is 0. The van der Waals surface area contributed by atoms with Gasteiger partial charge < -0.3 is 9.84 Å². The molecule has 0 radical (unpaired) electrons. The predicted molar refractivity (Wildman–Crippen MR) is 115 cm³/mol. The molecule has 0 aliphatic heterocycles. The summed E-state index contributed by atoms with van der Waals surface area (Å²) >= 11 is 0. The summed E-state index contributed by atoms with van der Waals surface area (Å²) in [6.07, 6.45) is 0. The number of phenols is 1. The molecule has 1 aliphatic rings. The zero-order valence-electron chi connectivity index (χ0n) is 16.3. The molecule has 0 aromatic heterocycles. The molecular formula is C26H22O2. The van der Waals surface area contributed by atoms with Gasteiger partial charge in [0.1, 0.15) is 11.5 Å². The lowest BCUT2D eigenvalue weighted by atomic mass is 9.81. The molecule has 0 bridgehead atoms. The van der Waals surface area contributed by atoms with Gasteiger partial charge in [-0.15, -0.1) is 0 Å². The summed E-state index contributed by atoms with van der Waals surface area (Å²) in [6, 6.07) is 25.0. The lowest BCUT2D eigenvalue weighted by Crippen LogP contribution is -2.15. The number of rotatable bonds is 2. The largest absolute Gasteiger partial charge is 0.507 e. The second kappa shape index (κ2) is 5.87. The van der Waals surface area contributed by atoms with Gasteiger partial charge in [0.2, 0.25) is 0 Å². The zero-order chi connectivity index (χ0) is 19.5. The van der Waals surface area contributed by atoms with Gasteiger partial charge in [0.05, 0.1) is 7.11 Å². The van der Waals surface area contributed by atoms with E-state index in [0.717, 1.165) is 22.1 Å². The Morgan fingerprint density at radius 1 is 0.750 bits per heavy atom. The normalized spacial score (nSPS) is 14.0. The Labute approximate surface area is 165 Å². The van der Waals surface area contributed by atoms with Crippen LogP contribution in [-0.4, -0.2) is 12.2 Å². The molecule has 1 aliphatic carbocycles. The highest BCUT2D eigenvalue weighted by Gasteiger charge is 2.37. The van der Waals surface area contributed by atoms with Crippen molar-refractivity contribution in [1.82, 2.24) is 0 Å². The van der Waals surface area contributed by atoms with Crippen LogP contribution in [-0.2, 0) is 5.41 Å². The lowest BCUT2D eigenvalue weighted by molar-refractivity contribution is 0.415. The first-order valence-electron chi connectivity index (χ1n) is 9.55. The van der Waals surface area contributed by atoms with Gasteiger partial charge in [0, 0.05) is 10.8 Å². The molecule has 0 saturated carbocycles. The minimum absolute atomic E-state index is 0.190. The fourth-order valence-corrected chi connectivity index (χ4v) is 4.53. The van der Waals surface area contributed by atoms with E-state index < -0.39 is 0 Å². The van der Waals surface area contributed by atoms with Crippen LogP contribution in [0, 0.1) is 0 Å². The van der Waals surface area contributed by atoms with E-state index in [-0.39, 0.29) is 5.41 Å². The van der Waals surface area contributed by atoms with Crippen LogP contribution in [0.3, 0.4) is 0 Å². The van der Waals surface area contributed by atoms with Crippen molar-refractivity contribution in [1.29, 1.82) is 0 Å². The highest BCUT2D eigenvalue weighted by molar-refractivity contribution is 6.05. The Kier molecular flexibility index (Phi) is 3.54. The van der Waals surface area contributed by atoms with Crippen molar-refractivity contribution >= 4 is 10.8 Å². The van der Waals surface area contributed by atoms with Crippen molar-refractivity contribution in [2.75, 3.05) is 7.11 Å². The van der Waals surface area contributed by atoms with E-state index >= 15 is 0 Å². The van der Waals surface area contributed by atoms with Crippen molar-refractivity contribution in [2.45, 2.75) is 19.3 Å². The number of phenolic OH excluding ortho intramolecular Hbond substituents is 1. The molecule has 0 atom stereocenters. The molecule has 0 saturated heterocycles. The van der Waals surface area contributed by atoms with Crippen LogP contribution in [0.25, 0.3) is 33.0 Å². The third-order valence-corrected chi connectivity index (χ3v) is 6.07. The number of benzene rings is 4. The topological polar surface area (TPSA) is 29.5 Å². The Morgan fingerprint density at radius 2 is 1.54 bits per heavy atom. The summed E-state index contributed by atoms with van der Waals surface area (Å²) in [5.41, 5.74) is 7.12. The number of hydrogen-bond acceptors (Lipinski definition) is 2. The fraction of sp³-hybridized carbons (Fsp3) is 0.154. The molecule has 1 N–H and O–H groups in total. The van der Waals surface area contributed by atoms with Gasteiger partial charge in [-0.2, -0.15) is 0 Å². The molecular weight excluding hydrogens is 344 g/mol. The first kappa shape index (κ1) is 16.9. The number of ether oxygens (including phenoxy) is 1. The summed E-state index contributed by atoms with van der Waals surface area (Å²) in [6.45, 7) is 4.47.